The molecule has 0 amide bonds. The van der Waals surface area contributed by atoms with Crippen LogP contribution in [0.15, 0.2) is 4.52 Å². The van der Waals surface area contributed by atoms with Crippen molar-refractivity contribution in [2.24, 2.45) is 5.92 Å². The van der Waals surface area contributed by atoms with Gasteiger partial charge in [-0.15, -0.1) is 0 Å². The fourth-order valence-corrected chi connectivity index (χ4v) is 2.36. The van der Waals surface area contributed by atoms with E-state index in [9.17, 15) is 4.79 Å². The van der Waals surface area contributed by atoms with Crippen molar-refractivity contribution in [3.63, 3.8) is 0 Å². The maximum Gasteiger partial charge on any atom is 0.308 e. The van der Waals surface area contributed by atoms with Crippen molar-refractivity contribution < 1.29 is 14.1 Å². The number of hydrogen-bond donors (Lipinski definition) is 0. The summed E-state index contributed by atoms with van der Waals surface area (Å²) in [6.07, 6.45) is 3.54. The van der Waals surface area contributed by atoms with Gasteiger partial charge in [-0.05, 0) is 32.4 Å². The summed E-state index contributed by atoms with van der Waals surface area (Å²) in [5.41, 5.74) is 0. The van der Waals surface area contributed by atoms with E-state index in [0.717, 1.165) is 44.6 Å². The number of methoxy groups -OCH3 is 1. The van der Waals surface area contributed by atoms with Gasteiger partial charge in [-0.1, -0.05) is 12.1 Å². The zero-order valence-electron chi connectivity index (χ0n) is 11.6. The van der Waals surface area contributed by atoms with Crippen LogP contribution in [0.25, 0.3) is 0 Å². The van der Waals surface area contributed by atoms with E-state index in [1.165, 1.54) is 7.11 Å². The molecule has 0 atom stereocenters. The van der Waals surface area contributed by atoms with Crippen LogP contribution in [-0.4, -0.2) is 41.2 Å². The summed E-state index contributed by atoms with van der Waals surface area (Å²) in [4.78, 5) is 18.0. The van der Waals surface area contributed by atoms with Gasteiger partial charge in [-0.3, -0.25) is 9.69 Å². The summed E-state index contributed by atoms with van der Waals surface area (Å²) in [6, 6.07) is 0. The van der Waals surface area contributed by atoms with E-state index in [-0.39, 0.29) is 11.9 Å². The van der Waals surface area contributed by atoms with E-state index in [2.05, 4.69) is 22.0 Å². The Morgan fingerprint density at radius 3 is 2.84 bits per heavy atom. The first-order chi connectivity index (χ1) is 9.22. The highest BCUT2D eigenvalue weighted by Gasteiger charge is 2.26. The van der Waals surface area contributed by atoms with Gasteiger partial charge in [0.15, 0.2) is 5.82 Å². The molecule has 0 radical (unpaired) electrons. The van der Waals surface area contributed by atoms with Crippen molar-refractivity contribution in [3.8, 4) is 0 Å². The lowest BCUT2D eigenvalue weighted by molar-refractivity contribution is -0.147. The van der Waals surface area contributed by atoms with Crippen molar-refractivity contribution >= 4 is 5.97 Å². The fraction of sp³-hybridized carbons (Fsp3) is 0.769. The van der Waals surface area contributed by atoms with Crippen molar-refractivity contribution in [1.29, 1.82) is 0 Å². The summed E-state index contributed by atoms with van der Waals surface area (Å²) in [6.45, 7) is 4.49. The van der Waals surface area contributed by atoms with Gasteiger partial charge in [0, 0.05) is 6.42 Å². The van der Waals surface area contributed by atoms with Gasteiger partial charge < -0.3 is 9.26 Å². The number of aryl methyl sites for hydroxylation is 1. The molecule has 6 nitrogen and oxygen atoms in total. The number of ether oxygens (including phenoxy) is 1. The molecule has 1 fully saturated rings. The van der Waals surface area contributed by atoms with Gasteiger partial charge >= 0.3 is 5.97 Å². The predicted molar refractivity (Wildman–Crippen MR) is 68.3 cm³/mol. The molecule has 0 unspecified atom stereocenters. The van der Waals surface area contributed by atoms with Gasteiger partial charge in [-0.25, -0.2) is 0 Å². The summed E-state index contributed by atoms with van der Waals surface area (Å²) >= 11 is 0. The number of carbonyl (C=O) groups excluding carboxylic acids is 1. The fourth-order valence-electron chi connectivity index (χ4n) is 2.36. The quantitative estimate of drug-likeness (QED) is 0.751. The van der Waals surface area contributed by atoms with E-state index in [1.807, 2.05) is 0 Å². The summed E-state index contributed by atoms with van der Waals surface area (Å²) in [7, 11) is 1.45. The summed E-state index contributed by atoms with van der Waals surface area (Å²) < 4.78 is 10.00. The van der Waals surface area contributed by atoms with Crippen LogP contribution in [0.3, 0.4) is 0 Å². The van der Waals surface area contributed by atoms with Gasteiger partial charge in [0.1, 0.15) is 0 Å². The Balaban J connectivity index is 1.80. The maximum absolute atomic E-state index is 11.4. The topological polar surface area (TPSA) is 68.5 Å². The SMILES string of the molecule is CCCc1noc(CN2CCC(C(=O)OC)CC2)n1. The first-order valence-electron chi connectivity index (χ1n) is 6.84. The number of hydrogen-bond acceptors (Lipinski definition) is 6. The minimum atomic E-state index is -0.0947. The standard InChI is InChI=1S/C13H21N3O3/c1-3-4-11-14-12(19-15-11)9-16-7-5-10(6-8-16)13(17)18-2/h10H,3-9H2,1-2H3. The summed E-state index contributed by atoms with van der Waals surface area (Å²) in [5.74, 6) is 1.39. The molecule has 19 heavy (non-hydrogen) atoms. The van der Waals surface area contributed by atoms with Crippen LogP contribution >= 0.6 is 0 Å². The van der Waals surface area contributed by atoms with Crippen LogP contribution in [0.2, 0.25) is 0 Å². The number of rotatable bonds is 5. The van der Waals surface area contributed by atoms with Crippen LogP contribution in [0.5, 0.6) is 0 Å². The molecule has 0 saturated carbocycles. The number of nitrogens with zero attached hydrogens (tertiary/aromatic N) is 3. The lowest BCUT2D eigenvalue weighted by Gasteiger charge is -2.29. The number of esters is 1. The molecule has 0 bridgehead atoms. The molecule has 1 aliphatic heterocycles. The Morgan fingerprint density at radius 1 is 1.47 bits per heavy atom. The Labute approximate surface area is 113 Å². The molecule has 1 saturated heterocycles. The molecule has 2 heterocycles. The first-order valence-corrected chi connectivity index (χ1v) is 6.84. The number of likely N-dealkylation sites (tertiary alicyclic amines) is 1. The second-order valence-corrected chi connectivity index (χ2v) is 4.93. The minimum Gasteiger partial charge on any atom is -0.469 e. The Kier molecular flexibility index (Phi) is 4.90. The highest BCUT2D eigenvalue weighted by Crippen LogP contribution is 2.19. The molecule has 106 valence electrons. The third-order valence-corrected chi connectivity index (χ3v) is 3.46. The minimum absolute atomic E-state index is 0.0413. The van der Waals surface area contributed by atoms with Crippen molar-refractivity contribution in [1.82, 2.24) is 15.0 Å². The van der Waals surface area contributed by atoms with Crippen LogP contribution in [0, 0.1) is 5.92 Å². The number of carbonyl (C=O) groups is 1. The second-order valence-electron chi connectivity index (χ2n) is 4.93. The number of aromatic nitrogens is 2. The van der Waals surface area contributed by atoms with Crippen LogP contribution in [0.1, 0.15) is 37.9 Å². The molecule has 0 aliphatic carbocycles. The van der Waals surface area contributed by atoms with Gasteiger partial charge in [0.2, 0.25) is 5.89 Å². The molecule has 1 aliphatic rings. The zero-order valence-corrected chi connectivity index (χ0v) is 11.6. The van der Waals surface area contributed by atoms with E-state index >= 15 is 0 Å². The zero-order chi connectivity index (χ0) is 13.7. The number of piperidine rings is 1. The van der Waals surface area contributed by atoms with Gasteiger partial charge in [-0.2, -0.15) is 4.98 Å². The van der Waals surface area contributed by atoms with Crippen LogP contribution in [0.4, 0.5) is 0 Å². The molecule has 2 rings (SSSR count). The van der Waals surface area contributed by atoms with E-state index in [4.69, 9.17) is 9.26 Å². The van der Waals surface area contributed by atoms with Gasteiger partial charge in [0.05, 0.1) is 19.6 Å². The van der Waals surface area contributed by atoms with Crippen molar-refractivity contribution in [2.75, 3.05) is 20.2 Å². The average molecular weight is 267 g/mol. The smallest absolute Gasteiger partial charge is 0.308 e. The third kappa shape index (κ3) is 3.76. The maximum atomic E-state index is 11.4. The first kappa shape index (κ1) is 14.0. The molecule has 0 N–H and O–H groups in total. The highest BCUT2D eigenvalue weighted by atomic mass is 16.5. The Hall–Kier alpha value is -1.43. The average Bonchev–Trinajstić information content (AvgIpc) is 2.86. The third-order valence-electron chi connectivity index (χ3n) is 3.46. The molecule has 6 heteroatoms. The van der Waals surface area contributed by atoms with Gasteiger partial charge in [0.25, 0.3) is 0 Å². The largest absolute Gasteiger partial charge is 0.469 e. The second kappa shape index (κ2) is 6.65. The Morgan fingerprint density at radius 2 is 2.21 bits per heavy atom. The van der Waals surface area contributed by atoms with Crippen molar-refractivity contribution in [3.05, 3.63) is 11.7 Å². The molecule has 1 aromatic rings. The summed E-state index contributed by atoms with van der Waals surface area (Å²) in [5, 5.41) is 3.94. The lowest BCUT2D eigenvalue weighted by atomic mass is 9.97. The lowest BCUT2D eigenvalue weighted by Crippen LogP contribution is -2.36. The normalized spacial score (nSPS) is 17.6. The molecule has 0 spiro atoms. The van der Waals surface area contributed by atoms with Crippen LogP contribution < -0.4 is 0 Å². The van der Waals surface area contributed by atoms with E-state index in [1.54, 1.807) is 0 Å². The molecule has 0 aromatic carbocycles. The Bertz CT molecular complexity index is 411. The van der Waals surface area contributed by atoms with E-state index in [0.29, 0.717) is 12.4 Å². The van der Waals surface area contributed by atoms with Crippen LogP contribution in [-0.2, 0) is 22.5 Å². The predicted octanol–water partition coefficient (Wildman–Crippen LogP) is 1.41. The van der Waals surface area contributed by atoms with E-state index < -0.39 is 0 Å². The van der Waals surface area contributed by atoms with Crippen molar-refractivity contribution in [2.45, 2.75) is 39.2 Å². The molecular formula is C13H21N3O3. The monoisotopic (exact) mass is 267 g/mol. The molecular weight excluding hydrogens is 246 g/mol. The molecule has 1 aromatic heterocycles. The highest BCUT2D eigenvalue weighted by molar-refractivity contribution is 5.72.